The first-order chi connectivity index (χ1) is 9.50. The van der Waals surface area contributed by atoms with Gasteiger partial charge >= 0.3 is 5.97 Å². The van der Waals surface area contributed by atoms with Gasteiger partial charge in [-0.05, 0) is 31.0 Å². The fourth-order valence-corrected chi connectivity index (χ4v) is 3.28. The minimum atomic E-state index is -1.21. The zero-order chi connectivity index (χ0) is 14.4. The van der Waals surface area contributed by atoms with Crippen LogP contribution in [0.1, 0.15) is 29.6 Å². The Morgan fingerprint density at radius 2 is 1.80 bits per heavy atom. The standard InChI is InChI=1S/C14H12ClNO4/c15-7-4-5-11(10(6-7)14(19)20)16-12(17)8-2-1-3-9(8)13(16)18/h4-6,8-9H,1-3H2,(H,19,20). The second-order valence-corrected chi connectivity index (χ2v) is 5.56. The van der Waals surface area contributed by atoms with Gasteiger partial charge < -0.3 is 5.11 Å². The number of carbonyl (C=O) groups excluding carboxylic acids is 2. The van der Waals surface area contributed by atoms with Gasteiger partial charge in [0.2, 0.25) is 11.8 Å². The van der Waals surface area contributed by atoms with Crippen molar-refractivity contribution < 1.29 is 19.5 Å². The summed E-state index contributed by atoms with van der Waals surface area (Å²) in [6, 6.07) is 4.16. The van der Waals surface area contributed by atoms with Crippen molar-refractivity contribution in [3.63, 3.8) is 0 Å². The van der Waals surface area contributed by atoms with Crippen LogP contribution in [-0.4, -0.2) is 22.9 Å². The average molecular weight is 294 g/mol. The maximum Gasteiger partial charge on any atom is 0.337 e. The molecule has 20 heavy (non-hydrogen) atoms. The van der Waals surface area contributed by atoms with Crippen LogP contribution in [0, 0.1) is 11.8 Å². The van der Waals surface area contributed by atoms with E-state index >= 15 is 0 Å². The van der Waals surface area contributed by atoms with Gasteiger partial charge in [-0.15, -0.1) is 0 Å². The van der Waals surface area contributed by atoms with Crippen molar-refractivity contribution >= 4 is 35.1 Å². The lowest BCUT2D eigenvalue weighted by molar-refractivity contribution is -0.122. The Morgan fingerprint density at radius 3 is 2.35 bits per heavy atom. The van der Waals surface area contributed by atoms with Crippen LogP contribution in [0.15, 0.2) is 18.2 Å². The number of rotatable bonds is 2. The summed E-state index contributed by atoms with van der Waals surface area (Å²) in [7, 11) is 0. The van der Waals surface area contributed by atoms with E-state index in [2.05, 4.69) is 0 Å². The number of fused-ring (bicyclic) bond motifs is 1. The van der Waals surface area contributed by atoms with E-state index in [1.807, 2.05) is 0 Å². The van der Waals surface area contributed by atoms with Gasteiger partial charge in [0.05, 0.1) is 23.1 Å². The van der Waals surface area contributed by atoms with Gasteiger partial charge in [0.1, 0.15) is 0 Å². The number of hydrogen-bond acceptors (Lipinski definition) is 3. The summed E-state index contributed by atoms with van der Waals surface area (Å²) in [5.41, 5.74) is -0.00882. The summed E-state index contributed by atoms with van der Waals surface area (Å²) < 4.78 is 0. The van der Waals surface area contributed by atoms with Gasteiger partial charge in [-0.2, -0.15) is 0 Å². The van der Waals surface area contributed by atoms with Crippen molar-refractivity contribution in [1.29, 1.82) is 0 Å². The molecule has 0 radical (unpaired) electrons. The highest BCUT2D eigenvalue weighted by Crippen LogP contribution is 2.42. The third-order valence-electron chi connectivity index (χ3n) is 4.02. The van der Waals surface area contributed by atoms with Crippen LogP contribution >= 0.6 is 11.6 Å². The van der Waals surface area contributed by atoms with Crippen molar-refractivity contribution in [1.82, 2.24) is 0 Å². The minimum absolute atomic E-state index is 0.117. The molecule has 1 N–H and O–H groups in total. The monoisotopic (exact) mass is 293 g/mol. The van der Waals surface area contributed by atoms with Gasteiger partial charge in [-0.3, -0.25) is 9.59 Å². The third-order valence-corrected chi connectivity index (χ3v) is 4.26. The van der Waals surface area contributed by atoms with E-state index in [9.17, 15) is 19.5 Å². The lowest BCUT2D eigenvalue weighted by Crippen LogP contribution is -2.33. The Labute approximate surface area is 120 Å². The number of amides is 2. The maximum atomic E-state index is 12.3. The zero-order valence-corrected chi connectivity index (χ0v) is 11.3. The van der Waals surface area contributed by atoms with Crippen LogP contribution < -0.4 is 4.90 Å². The predicted molar refractivity (Wildman–Crippen MR) is 71.7 cm³/mol. The fraction of sp³-hybridized carbons (Fsp3) is 0.357. The molecule has 2 aliphatic rings. The summed E-state index contributed by atoms with van der Waals surface area (Å²) >= 11 is 5.78. The number of benzene rings is 1. The molecular formula is C14H12ClNO4. The smallest absolute Gasteiger partial charge is 0.337 e. The summed E-state index contributed by atoms with van der Waals surface area (Å²) in [6.45, 7) is 0. The van der Waals surface area contributed by atoms with Crippen LogP contribution in [0.25, 0.3) is 0 Å². The van der Waals surface area contributed by atoms with Crippen molar-refractivity contribution in [3.05, 3.63) is 28.8 Å². The van der Waals surface area contributed by atoms with E-state index in [1.54, 1.807) is 0 Å². The van der Waals surface area contributed by atoms with Gasteiger partial charge in [-0.1, -0.05) is 18.0 Å². The van der Waals surface area contributed by atoms with Crippen LogP contribution in [0.5, 0.6) is 0 Å². The van der Waals surface area contributed by atoms with Crippen LogP contribution in [0.2, 0.25) is 5.02 Å². The lowest BCUT2D eigenvalue weighted by atomic mass is 10.00. The van der Waals surface area contributed by atoms with Crippen molar-refractivity contribution in [2.24, 2.45) is 11.8 Å². The summed E-state index contributed by atoms with van der Waals surface area (Å²) in [4.78, 5) is 37.0. The number of anilines is 1. The van der Waals surface area contributed by atoms with E-state index in [0.717, 1.165) is 11.3 Å². The number of imide groups is 1. The van der Waals surface area contributed by atoms with Gasteiger partial charge in [0.15, 0.2) is 0 Å². The summed E-state index contributed by atoms with van der Waals surface area (Å²) in [6.07, 6.45) is 2.26. The largest absolute Gasteiger partial charge is 0.478 e. The molecule has 1 aromatic carbocycles. The van der Waals surface area contributed by atoms with E-state index in [4.69, 9.17) is 11.6 Å². The molecule has 2 amide bonds. The zero-order valence-electron chi connectivity index (χ0n) is 10.5. The molecule has 0 spiro atoms. The fourth-order valence-electron chi connectivity index (χ4n) is 3.10. The average Bonchev–Trinajstić information content (AvgIpc) is 2.96. The summed E-state index contributed by atoms with van der Waals surface area (Å²) in [5, 5.41) is 9.47. The quantitative estimate of drug-likeness (QED) is 0.849. The third kappa shape index (κ3) is 1.81. The van der Waals surface area contributed by atoms with E-state index in [0.29, 0.717) is 12.8 Å². The predicted octanol–water partition coefficient (Wildman–Crippen LogP) is 2.33. The summed E-state index contributed by atoms with van der Waals surface area (Å²) in [5.74, 6) is -2.37. The van der Waals surface area contributed by atoms with Gasteiger partial charge in [0.25, 0.3) is 0 Å². The topological polar surface area (TPSA) is 74.7 Å². The molecule has 1 heterocycles. The van der Waals surface area contributed by atoms with Crippen LogP contribution in [0.3, 0.4) is 0 Å². The molecule has 5 nitrogen and oxygen atoms in total. The first-order valence-corrected chi connectivity index (χ1v) is 6.79. The first kappa shape index (κ1) is 13.1. The lowest BCUT2D eigenvalue weighted by Gasteiger charge is -2.18. The molecule has 3 rings (SSSR count). The number of carboxylic acid groups (broad SMARTS) is 1. The molecule has 2 atom stereocenters. The Bertz CT molecular complexity index is 606. The number of hydrogen-bond donors (Lipinski definition) is 1. The second-order valence-electron chi connectivity index (χ2n) is 5.12. The molecule has 1 saturated carbocycles. The normalized spacial score (nSPS) is 25.1. The highest BCUT2D eigenvalue weighted by molar-refractivity contribution is 6.31. The minimum Gasteiger partial charge on any atom is -0.478 e. The van der Waals surface area contributed by atoms with Crippen LogP contribution in [0.4, 0.5) is 5.69 Å². The van der Waals surface area contributed by atoms with Crippen molar-refractivity contribution in [2.45, 2.75) is 19.3 Å². The highest BCUT2D eigenvalue weighted by Gasteiger charge is 2.50. The Balaban J connectivity index is 2.08. The molecule has 2 fully saturated rings. The number of nitrogens with zero attached hydrogens (tertiary/aromatic N) is 1. The molecule has 1 aromatic rings. The number of carboxylic acids is 1. The molecule has 0 aromatic heterocycles. The number of aromatic carboxylic acids is 1. The molecule has 2 unspecified atom stereocenters. The molecule has 1 saturated heterocycles. The van der Waals surface area contributed by atoms with Crippen LogP contribution in [-0.2, 0) is 9.59 Å². The number of carbonyl (C=O) groups is 3. The van der Waals surface area contributed by atoms with Gasteiger partial charge in [-0.25, -0.2) is 9.69 Å². The maximum absolute atomic E-state index is 12.3. The van der Waals surface area contributed by atoms with Gasteiger partial charge in [0, 0.05) is 5.02 Å². The van der Waals surface area contributed by atoms with Crippen molar-refractivity contribution in [3.8, 4) is 0 Å². The Hall–Kier alpha value is -1.88. The highest BCUT2D eigenvalue weighted by atomic mass is 35.5. The van der Waals surface area contributed by atoms with E-state index in [-0.39, 0.29) is 39.9 Å². The first-order valence-electron chi connectivity index (χ1n) is 6.41. The molecule has 1 aliphatic carbocycles. The second kappa shape index (κ2) is 4.59. The molecular weight excluding hydrogens is 282 g/mol. The SMILES string of the molecule is O=C(O)c1cc(Cl)ccc1N1C(=O)C2CCCC2C1=O. The van der Waals surface area contributed by atoms with E-state index < -0.39 is 5.97 Å². The molecule has 6 heteroatoms. The number of halogens is 1. The molecule has 1 aliphatic heterocycles. The molecule has 0 bridgehead atoms. The Morgan fingerprint density at radius 1 is 1.20 bits per heavy atom. The molecule has 104 valence electrons. The van der Waals surface area contributed by atoms with E-state index in [1.165, 1.54) is 18.2 Å². The van der Waals surface area contributed by atoms with Crippen molar-refractivity contribution in [2.75, 3.05) is 4.90 Å². The Kier molecular flexibility index (Phi) is 3.01.